The molecule has 0 aliphatic rings. The predicted molar refractivity (Wildman–Crippen MR) is 83.0 cm³/mol. The molecule has 0 atom stereocenters. The number of pyridine rings is 1. The van der Waals surface area contributed by atoms with Crippen LogP contribution in [0.4, 0.5) is 11.5 Å². The fraction of sp³-hybridized carbons (Fsp3) is 0.200. The van der Waals surface area contributed by atoms with E-state index < -0.39 is 10.8 Å². The Morgan fingerprint density at radius 1 is 1.39 bits per heavy atom. The summed E-state index contributed by atoms with van der Waals surface area (Å²) in [6.45, 7) is 2.19. The molecule has 8 heteroatoms. The maximum absolute atomic E-state index is 12.4. The van der Waals surface area contributed by atoms with Crippen molar-refractivity contribution in [3.63, 3.8) is 0 Å². The number of nitro groups is 1. The van der Waals surface area contributed by atoms with Crippen molar-refractivity contribution in [1.82, 2.24) is 4.98 Å². The van der Waals surface area contributed by atoms with Crippen LogP contribution in [-0.4, -0.2) is 29.5 Å². The topological polar surface area (TPSA) is 104 Å². The van der Waals surface area contributed by atoms with Gasteiger partial charge in [-0.25, -0.2) is 4.98 Å². The van der Waals surface area contributed by atoms with Crippen molar-refractivity contribution in [3.05, 3.63) is 52.2 Å². The summed E-state index contributed by atoms with van der Waals surface area (Å²) in [5.41, 5.74) is -0.445. The molecule has 0 aliphatic carbocycles. The van der Waals surface area contributed by atoms with Crippen molar-refractivity contribution < 1.29 is 19.2 Å². The van der Waals surface area contributed by atoms with Gasteiger partial charge in [0.05, 0.1) is 18.6 Å². The van der Waals surface area contributed by atoms with Gasteiger partial charge >= 0.3 is 0 Å². The Morgan fingerprint density at radius 3 is 2.83 bits per heavy atom. The minimum atomic E-state index is -0.671. The quantitative estimate of drug-likeness (QED) is 0.649. The molecule has 0 saturated carbocycles. The summed E-state index contributed by atoms with van der Waals surface area (Å²) < 4.78 is 10.4. The van der Waals surface area contributed by atoms with Crippen molar-refractivity contribution in [2.24, 2.45) is 0 Å². The second kappa shape index (κ2) is 7.21. The van der Waals surface area contributed by atoms with E-state index in [-0.39, 0.29) is 17.1 Å². The molecule has 1 N–H and O–H groups in total. The van der Waals surface area contributed by atoms with Gasteiger partial charge < -0.3 is 14.8 Å². The van der Waals surface area contributed by atoms with Gasteiger partial charge in [0.15, 0.2) is 11.6 Å². The van der Waals surface area contributed by atoms with Crippen LogP contribution in [0.5, 0.6) is 11.5 Å². The van der Waals surface area contributed by atoms with Gasteiger partial charge in [-0.15, -0.1) is 0 Å². The van der Waals surface area contributed by atoms with E-state index in [1.165, 1.54) is 31.5 Å². The summed E-state index contributed by atoms with van der Waals surface area (Å²) >= 11 is 0. The fourth-order valence-corrected chi connectivity index (χ4v) is 1.91. The lowest BCUT2D eigenvalue weighted by Crippen LogP contribution is -2.16. The highest BCUT2D eigenvalue weighted by atomic mass is 16.6. The number of ether oxygens (including phenoxy) is 2. The van der Waals surface area contributed by atoms with Gasteiger partial charge in [0.2, 0.25) is 0 Å². The van der Waals surface area contributed by atoms with E-state index in [0.717, 1.165) is 0 Å². The van der Waals surface area contributed by atoms with E-state index in [2.05, 4.69) is 10.3 Å². The largest absolute Gasteiger partial charge is 0.497 e. The number of nitrogens with zero attached hydrogens (tertiary/aromatic N) is 2. The average molecular weight is 317 g/mol. The smallest absolute Gasteiger partial charge is 0.282 e. The molecule has 1 aromatic heterocycles. The molecule has 120 valence electrons. The number of nitro benzene ring substituents is 1. The van der Waals surface area contributed by atoms with E-state index in [9.17, 15) is 14.9 Å². The van der Waals surface area contributed by atoms with Crippen LogP contribution >= 0.6 is 0 Å². The highest BCUT2D eigenvalue weighted by Gasteiger charge is 2.22. The second-order valence-corrected chi connectivity index (χ2v) is 4.38. The number of rotatable bonds is 6. The van der Waals surface area contributed by atoms with Gasteiger partial charge in [-0.3, -0.25) is 14.9 Å². The highest BCUT2D eigenvalue weighted by molar-refractivity contribution is 6.07. The molecular formula is C15H15N3O5. The molecule has 2 aromatic rings. The van der Waals surface area contributed by atoms with Crippen LogP contribution in [0.2, 0.25) is 0 Å². The van der Waals surface area contributed by atoms with Gasteiger partial charge in [0.25, 0.3) is 11.6 Å². The van der Waals surface area contributed by atoms with Gasteiger partial charge in [-0.1, -0.05) is 0 Å². The summed E-state index contributed by atoms with van der Waals surface area (Å²) in [6.07, 6.45) is 1.48. The number of aromatic nitrogens is 1. The number of hydrogen-bond donors (Lipinski definition) is 1. The molecule has 2 rings (SSSR count). The normalized spacial score (nSPS) is 10.0. The van der Waals surface area contributed by atoms with Crippen molar-refractivity contribution in [1.29, 1.82) is 0 Å². The average Bonchev–Trinajstić information content (AvgIpc) is 2.56. The number of anilines is 1. The Bertz CT molecular complexity index is 733. The molecule has 0 bridgehead atoms. The lowest BCUT2D eigenvalue weighted by molar-refractivity contribution is -0.385. The Balaban J connectivity index is 2.36. The predicted octanol–water partition coefficient (Wildman–Crippen LogP) is 2.65. The minimum Gasteiger partial charge on any atom is -0.497 e. The first-order chi connectivity index (χ1) is 11.1. The standard InChI is InChI=1S/C15H15N3O5/c1-3-23-13-5-4-8-16-14(13)17-15(19)11-9-10(22-2)6-7-12(11)18(20)21/h4-9H,3H2,1-2H3,(H,16,17,19). The van der Waals surface area contributed by atoms with Crippen molar-refractivity contribution >= 4 is 17.4 Å². The van der Waals surface area contributed by atoms with Crippen LogP contribution in [0, 0.1) is 10.1 Å². The fourth-order valence-electron chi connectivity index (χ4n) is 1.91. The van der Waals surface area contributed by atoms with Crippen molar-refractivity contribution in [2.75, 3.05) is 19.0 Å². The number of hydrogen-bond acceptors (Lipinski definition) is 6. The molecule has 23 heavy (non-hydrogen) atoms. The zero-order chi connectivity index (χ0) is 16.8. The maximum atomic E-state index is 12.4. The first kappa shape index (κ1) is 16.2. The number of carbonyl (C=O) groups is 1. The van der Waals surface area contributed by atoms with Gasteiger partial charge in [0, 0.05) is 12.3 Å². The third-order valence-electron chi connectivity index (χ3n) is 2.95. The van der Waals surface area contributed by atoms with E-state index in [4.69, 9.17) is 9.47 Å². The Morgan fingerprint density at radius 2 is 2.17 bits per heavy atom. The number of nitrogens with one attached hydrogen (secondary N) is 1. The minimum absolute atomic E-state index is 0.123. The SMILES string of the molecule is CCOc1cccnc1NC(=O)c1cc(OC)ccc1[N+](=O)[O-]. The Hall–Kier alpha value is -3.16. The highest BCUT2D eigenvalue weighted by Crippen LogP contribution is 2.26. The third kappa shape index (κ3) is 3.73. The van der Waals surface area contributed by atoms with Crippen molar-refractivity contribution in [2.45, 2.75) is 6.92 Å². The van der Waals surface area contributed by atoms with E-state index in [1.807, 2.05) is 0 Å². The molecule has 0 unspecified atom stereocenters. The van der Waals surface area contributed by atoms with Gasteiger partial charge in [0.1, 0.15) is 11.3 Å². The first-order valence-electron chi connectivity index (χ1n) is 6.78. The summed E-state index contributed by atoms with van der Waals surface area (Å²) in [6, 6.07) is 7.24. The molecule has 1 heterocycles. The molecule has 0 aliphatic heterocycles. The molecule has 0 saturated heterocycles. The molecule has 1 aromatic carbocycles. The maximum Gasteiger partial charge on any atom is 0.282 e. The van der Waals surface area contributed by atoms with Crippen LogP contribution in [0.3, 0.4) is 0 Å². The monoisotopic (exact) mass is 317 g/mol. The molecule has 0 spiro atoms. The van der Waals surface area contributed by atoms with E-state index in [0.29, 0.717) is 18.1 Å². The zero-order valence-corrected chi connectivity index (χ0v) is 12.6. The third-order valence-corrected chi connectivity index (χ3v) is 2.95. The summed E-state index contributed by atoms with van der Waals surface area (Å²) in [5.74, 6) is 0.243. The Labute approximate surface area is 132 Å². The number of methoxy groups -OCH3 is 1. The van der Waals surface area contributed by atoms with E-state index in [1.54, 1.807) is 19.1 Å². The lowest BCUT2D eigenvalue weighted by Gasteiger charge is -2.10. The number of carbonyl (C=O) groups excluding carboxylic acids is 1. The molecule has 8 nitrogen and oxygen atoms in total. The molecular weight excluding hydrogens is 302 g/mol. The summed E-state index contributed by atoms with van der Waals surface area (Å²) in [4.78, 5) is 26.9. The zero-order valence-electron chi connectivity index (χ0n) is 12.6. The van der Waals surface area contributed by atoms with Crippen LogP contribution < -0.4 is 14.8 Å². The molecule has 1 amide bonds. The first-order valence-corrected chi connectivity index (χ1v) is 6.78. The van der Waals surface area contributed by atoms with E-state index >= 15 is 0 Å². The van der Waals surface area contributed by atoms with Gasteiger partial charge in [-0.2, -0.15) is 0 Å². The van der Waals surface area contributed by atoms with Crippen LogP contribution in [-0.2, 0) is 0 Å². The molecule has 0 radical (unpaired) electrons. The van der Waals surface area contributed by atoms with Crippen LogP contribution in [0.1, 0.15) is 17.3 Å². The lowest BCUT2D eigenvalue weighted by atomic mass is 10.1. The van der Waals surface area contributed by atoms with Crippen LogP contribution in [0.25, 0.3) is 0 Å². The summed E-state index contributed by atoms with van der Waals surface area (Å²) in [5, 5.41) is 13.6. The van der Waals surface area contributed by atoms with Gasteiger partial charge in [-0.05, 0) is 31.2 Å². The van der Waals surface area contributed by atoms with Crippen LogP contribution in [0.15, 0.2) is 36.5 Å². The number of benzene rings is 1. The molecule has 0 fully saturated rings. The Kier molecular flexibility index (Phi) is 5.08. The van der Waals surface area contributed by atoms with Crippen molar-refractivity contribution in [3.8, 4) is 11.5 Å². The number of amides is 1. The summed E-state index contributed by atoms with van der Waals surface area (Å²) in [7, 11) is 1.41. The second-order valence-electron chi connectivity index (χ2n) is 4.38.